The molecule has 2 heterocycles. The van der Waals surface area contributed by atoms with E-state index in [0.717, 1.165) is 27.8 Å². The standard InChI is InChI=1S/C55H53N3O11S/c1-35-18-28-42(29-19-35)70(62,63)67-31-30-49(69-55(37-12-6-5-7-13-37,38-20-24-40(64-3)25-21-38)39-22-26-41(65-4)27-23-39)51-48(32-50(68-51)58-33-36(2)52(59)57-53(58)60)56-54(61)66-34-47-45-16-10-8-14-43(45)44-15-9-11-17-46(44)47/h5-29,33,47-51H,30-32,34H2,1-4H3,(H,56,61)(H,57,59,60)/t48?,49-,50-,51+/m1/s1. The molecule has 1 amide bonds. The zero-order valence-corrected chi connectivity index (χ0v) is 39.9. The summed E-state index contributed by atoms with van der Waals surface area (Å²) in [7, 11) is -1.11. The molecule has 1 aliphatic heterocycles. The van der Waals surface area contributed by atoms with Crippen LogP contribution in [0.1, 0.15) is 63.9 Å². The topological polar surface area (TPSA) is 173 Å². The number of benzene rings is 6. The number of hydrogen-bond acceptors (Lipinski definition) is 11. The molecule has 360 valence electrons. The molecular weight excluding hydrogens is 911 g/mol. The van der Waals surface area contributed by atoms with Crippen molar-refractivity contribution >= 4 is 16.2 Å². The van der Waals surface area contributed by atoms with Crippen molar-refractivity contribution in [1.29, 1.82) is 0 Å². The fourth-order valence-corrected chi connectivity index (χ4v) is 10.5. The quantitative estimate of drug-likeness (QED) is 0.0662. The Morgan fingerprint density at radius 3 is 1.90 bits per heavy atom. The van der Waals surface area contributed by atoms with E-state index in [9.17, 15) is 22.8 Å². The molecule has 1 aliphatic carbocycles. The van der Waals surface area contributed by atoms with E-state index in [1.54, 1.807) is 33.3 Å². The molecule has 6 aromatic carbocycles. The van der Waals surface area contributed by atoms with Crippen LogP contribution in [-0.4, -0.2) is 69.7 Å². The predicted octanol–water partition coefficient (Wildman–Crippen LogP) is 8.54. The number of ether oxygens (including phenoxy) is 5. The predicted molar refractivity (Wildman–Crippen MR) is 263 cm³/mol. The molecule has 1 aromatic heterocycles. The average Bonchev–Trinajstić information content (AvgIpc) is 3.94. The Labute approximate surface area is 405 Å². The third kappa shape index (κ3) is 9.65. The molecule has 9 rings (SSSR count). The number of carbonyl (C=O) groups is 1. The van der Waals surface area contributed by atoms with Gasteiger partial charge in [-0.05, 0) is 89.2 Å². The molecule has 14 nitrogen and oxygen atoms in total. The molecule has 0 spiro atoms. The van der Waals surface area contributed by atoms with Gasteiger partial charge in [0.25, 0.3) is 15.7 Å². The summed E-state index contributed by atoms with van der Waals surface area (Å²) < 4.78 is 66.3. The van der Waals surface area contributed by atoms with E-state index in [4.69, 9.17) is 27.9 Å². The largest absolute Gasteiger partial charge is 0.497 e. The molecular formula is C55H53N3O11S. The normalized spacial score (nSPS) is 17.1. The number of aromatic nitrogens is 2. The number of alkyl carbamates (subject to hydrolysis) is 1. The Morgan fingerprint density at radius 2 is 1.31 bits per heavy atom. The van der Waals surface area contributed by atoms with Gasteiger partial charge in [-0.1, -0.05) is 121 Å². The van der Waals surface area contributed by atoms with Gasteiger partial charge in [0.2, 0.25) is 0 Å². The van der Waals surface area contributed by atoms with E-state index < -0.39 is 57.5 Å². The lowest BCUT2D eigenvalue weighted by molar-refractivity contribution is -0.137. The summed E-state index contributed by atoms with van der Waals surface area (Å²) in [4.78, 5) is 42.8. The second kappa shape index (κ2) is 20.3. The first kappa shape index (κ1) is 47.8. The summed E-state index contributed by atoms with van der Waals surface area (Å²) in [6, 6.07) is 45.8. The number of aryl methyl sites for hydroxylation is 2. The lowest BCUT2D eigenvalue weighted by atomic mass is 9.79. The number of fused-ring (bicyclic) bond motifs is 3. The monoisotopic (exact) mass is 963 g/mol. The number of hydrogen-bond donors (Lipinski definition) is 2. The van der Waals surface area contributed by atoms with Crippen LogP contribution in [0.15, 0.2) is 172 Å². The summed E-state index contributed by atoms with van der Waals surface area (Å²) >= 11 is 0. The highest BCUT2D eigenvalue weighted by Gasteiger charge is 2.48. The van der Waals surface area contributed by atoms with Crippen LogP contribution >= 0.6 is 0 Å². The average molecular weight is 964 g/mol. The first-order valence-electron chi connectivity index (χ1n) is 23.0. The van der Waals surface area contributed by atoms with E-state index in [1.165, 1.54) is 22.9 Å². The van der Waals surface area contributed by atoms with Crippen molar-refractivity contribution in [3.63, 3.8) is 0 Å². The lowest BCUT2D eigenvalue weighted by Crippen LogP contribution is -2.50. The third-order valence-electron chi connectivity index (χ3n) is 13.1. The Hall–Kier alpha value is -7.30. The van der Waals surface area contributed by atoms with Crippen molar-refractivity contribution in [3.8, 4) is 22.6 Å². The Bertz CT molecular complexity index is 3100. The van der Waals surface area contributed by atoms with Crippen molar-refractivity contribution in [3.05, 3.63) is 218 Å². The van der Waals surface area contributed by atoms with Gasteiger partial charge in [0.05, 0.1) is 37.9 Å². The maximum Gasteiger partial charge on any atom is 0.407 e. The van der Waals surface area contributed by atoms with Crippen LogP contribution in [0.4, 0.5) is 4.79 Å². The number of methoxy groups -OCH3 is 2. The number of rotatable bonds is 17. The second-order valence-corrected chi connectivity index (χ2v) is 19.0. The molecule has 2 N–H and O–H groups in total. The first-order valence-corrected chi connectivity index (χ1v) is 24.4. The fourth-order valence-electron chi connectivity index (χ4n) is 9.53. The third-order valence-corrected chi connectivity index (χ3v) is 14.4. The fraction of sp³-hybridized carbons (Fsp3) is 0.255. The molecule has 0 saturated carbocycles. The van der Waals surface area contributed by atoms with Crippen LogP contribution in [0.5, 0.6) is 11.5 Å². The number of nitrogens with zero attached hydrogens (tertiary/aromatic N) is 1. The summed E-state index contributed by atoms with van der Waals surface area (Å²) in [5.74, 6) is 0.971. The Balaban J connectivity index is 1.13. The SMILES string of the molecule is COc1ccc(C(O[C@H](CCOS(=O)(=O)c2ccc(C)cc2)[C@H]2O[C@@H](n3cc(C)c(=O)[nH]c3=O)CC2NC(=O)OCC2c3ccccc3-c3ccccc32)(c2ccccc2)c2ccc(OC)cc2)cc1. The minimum absolute atomic E-state index is 0.0199. The molecule has 7 aromatic rings. The van der Waals surface area contributed by atoms with Crippen LogP contribution in [0, 0.1) is 13.8 Å². The second-order valence-electron chi connectivity index (χ2n) is 17.4. The number of carbonyl (C=O) groups excluding carboxylic acids is 1. The van der Waals surface area contributed by atoms with E-state index in [-0.39, 0.29) is 42.4 Å². The van der Waals surface area contributed by atoms with Crippen LogP contribution in [0.25, 0.3) is 11.1 Å². The Morgan fingerprint density at radius 1 is 0.757 bits per heavy atom. The van der Waals surface area contributed by atoms with E-state index in [1.807, 2.05) is 122 Å². The zero-order valence-electron chi connectivity index (χ0n) is 39.1. The highest BCUT2D eigenvalue weighted by atomic mass is 32.2. The molecule has 1 fully saturated rings. The highest BCUT2D eigenvalue weighted by molar-refractivity contribution is 7.86. The number of amides is 1. The van der Waals surface area contributed by atoms with Crippen LogP contribution < -0.4 is 26.0 Å². The van der Waals surface area contributed by atoms with Crippen LogP contribution in [-0.2, 0) is 34.1 Å². The van der Waals surface area contributed by atoms with Gasteiger partial charge in [0.1, 0.15) is 36.0 Å². The zero-order chi connectivity index (χ0) is 49.0. The molecule has 15 heteroatoms. The first-order chi connectivity index (χ1) is 33.9. The Kier molecular flexibility index (Phi) is 13.9. The van der Waals surface area contributed by atoms with E-state index in [0.29, 0.717) is 28.2 Å². The molecule has 4 atom stereocenters. The number of nitrogens with one attached hydrogen (secondary N) is 2. The van der Waals surface area contributed by atoms with Gasteiger partial charge in [-0.2, -0.15) is 8.42 Å². The molecule has 2 aliphatic rings. The smallest absolute Gasteiger partial charge is 0.407 e. The summed E-state index contributed by atoms with van der Waals surface area (Å²) in [6.07, 6.45) is -2.67. The maximum absolute atomic E-state index is 14.3. The number of aromatic amines is 1. The van der Waals surface area contributed by atoms with Crippen molar-refractivity contribution in [2.24, 2.45) is 0 Å². The molecule has 0 radical (unpaired) electrons. The molecule has 1 unspecified atom stereocenters. The molecule has 70 heavy (non-hydrogen) atoms. The van der Waals surface area contributed by atoms with Gasteiger partial charge in [-0.15, -0.1) is 0 Å². The van der Waals surface area contributed by atoms with Crippen LogP contribution in [0.2, 0.25) is 0 Å². The van der Waals surface area contributed by atoms with Crippen molar-refractivity contribution in [1.82, 2.24) is 14.9 Å². The van der Waals surface area contributed by atoms with Crippen molar-refractivity contribution in [2.45, 2.75) is 67.6 Å². The van der Waals surface area contributed by atoms with E-state index >= 15 is 0 Å². The minimum atomic E-state index is -4.26. The van der Waals surface area contributed by atoms with Crippen molar-refractivity contribution < 1.29 is 41.1 Å². The maximum atomic E-state index is 14.3. The lowest BCUT2D eigenvalue weighted by Gasteiger charge is -2.41. The molecule has 0 bridgehead atoms. The van der Waals surface area contributed by atoms with Gasteiger partial charge in [-0.25, -0.2) is 9.59 Å². The van der Waals surface area contributed by atoms with Crippen molar-refractivity contribution in [2.75, 3.05) is 27.4 Å². The minimum Gasteiger partial charge on any atom is -0.497 e. The number of H-pyrrole nitrogens is 1. The molecule has 1 saturated heterocycles. The van der Waals surface area contributed by atoms with Gasteiger partial charge in [0.15, 0.2) is 0 Å². The van der Waals surface area contributed by atoms with Gasteiger partial charge in [0, 0.05) is 30.5 Å². The highest BCUT2D eigenvalue weighted by Crippen LogP contribution is 2.46. The van der Waals surface area contributed by atoms with Crippen LogP contribution in [0.3, 0.4) is 0 Å². The van der Waals surface area contributed by atoms with Gasteiger partial charge >= 0.3 is 11.8 Å². The van der Waals surface area contributed by atoms with E-state index in [2.05, 4.69) is 22.4 Å². The summed E-state index contributed by atoms with van der Waals surface area (Å²) in [5, 5.41) is 3.05. The van der Waals surface area contributed by atoms with Gasteiger partial charge in [-0.3, -0.25) is 18.5 Å². The summed E-state index contributed by atoms with van der Waals surface area (Å²) in [5.41, 5.74) is 4.67. The van der Waals surface area contributed by atoms with Gasteiger partial charge < -0.3 is 29.0 Å². The summed E-state index contributed by atoms with van der Waals surface area (Å²) in [6.45, 7) is 3.07.